The average molecular weight is 291 g/mol. The monoisotopic (exact) mass is 291 g/mol. The maximum absolute atomic E-state index is 12.2. The van der Waals surface area contributed by atoms with Crippen molar-refractivity contribution in [2.75, 3.05) is 0 Å². The van der Waals surface area contributed by atoms with Crippen LogP contribution in [0.15, 0.2) is 16.6 Å². The minimum atomic E-state index is -0.369. The van der Waals surface area contributed by atoms with Gasteiger partial charge in [-0.2, -0.15) is 0 Å². The van der Waals surface area contributed by atoms with Gasteiger partial charge in [0, 0.05) is 17.0 Å². The zero-order chi connectivity index (χ0) is 16.3. The van der Waals surface area contributed by atoms with E-state index in [9.17, 15) is 4.79 Å². The molecular weight excluding hydrogens is 258 g/mol. The summed E-state index contributed by atoms with van der Waals surface area (Å²) in [4.78, 5) is 16.7. The van der Waals surface area contributed by atoms with E-state index in [-0.39, 0.29) is 11.3 Å². The van der Waals surface area contributed by atoms with Crippen LogP contribution in [0.2, 0.25) is 0 Å². The zero-order valence-corrected chi connectivity index (χ0v) is 15.0. The quantitative estimate of drug-likeness (QED) is 0.464. The van der Waals surface area contributed by atoms with Crippen LogP contribution in [0.3, 0.4) is 0 Å². The second kappa shape index (κ2) is 6.89. The number of nitrogens with zero attached hydrogens (tertiary/aromatic N) is 1. The molecule has 0 radical (unpaired) electrons. The average Bonchev–Trinajstić information content (AvgIpc) is 2.99. The van der Waals surface area contributed by atoms with Crippen molar-refractivity contribution in [3.63, 3.8) is 0 Å². The van der Waals surface area contributed by atoms with E-state index in [1.165, 1.54) is 18.4 Å². The topological polar surface area (TPSA) is 29.4 Å². The number of aliphatic imine (C=N–C) groups is 1. The number of rotatable bonds is 6. The molecule has 2 heteroatoms. The smallest absolute Gasteiger partial charge is 0.250 e. The summed E-state index contributed by atoms with van der Waals surface area (Å²) in [7, 11) is 0. The van der Waals surface area contributed by atoms with Gasteiger partial charge in [0.1, 0.15) is 0 Å². The van der Waals surface area contributed by atoms with E-state index in [2.05, 4.69) is 38.8 Å². The minimum Gasteiger partial charge on any atom is -0.272 e. The fourth-order valence-corrected chi connectivity index (χ4v) is 2.76. The molecule has 2 atom stereocenters. The molecular formula is C19H33NO. The third-order valence-electron chi connectivity index (χ3n) is 4.41. The summed E-state index contributed by atoms with van der Waals surface area (Å²) >= 11 is 0. The molecule has 1 saturated carbocycles. The fourth-order valence-electron chi connectivity index (χ4n) is 2.76. The Kier molecular flexibility index (Phi) is 5.95. The highest BCUT2D eigenvalue weighted by atomic mass is 16.1. The largest absolute Gasteiger partial charge is 0.272 e. The zero-order valence-electron chi connectivity index (χ0n) is 15.0. The van der Waals surface area contributed by atoms with Crippen molar-refractivity contribution in [1.29, 1.82) is 0 Å². The molecule has 0 heterocycles. The van der Waals surface area contributed by atoms with Gasteiger partial charge in [-0.1, -0.05) is 52.7 Å². The molecule has 1 rings (SSSR count). The molecule has 0 N–H and O–H groups in total. The summed E-state index contributed by atoms with van der Waals surface area (Å²) in [6.45, 7) is 14.7. The van der Waals surface area contributed by atoms with Crippen LogP contribution in [0.1, 0.15) is 80.6 Å². The molecule has 21 heavy (non-hydrogen) atoms. The maximum Gasteiger partial charge on any atom is 0.250 e. The predicted octanol–water partition coefficient (Wildman–Crippen LogP) is 5.57. The van der Waals surface area contributed by atoms with Gasteiger partial charge in [0.25, 0.3) is 5.91 Å². The van der Waals surface area contributed by atoms with Gasteiger partial charge in [0.05, 0.1) is 0 Å². The molecule has 0 saturated heterocycles. The summed E-state index contributed by atoms with van der Waals surface area (Å²) in [5.74, 6) is 0.554. The molecule has 0 spiro atoms. The van der Waals surface area contributed by atoms with E-state index in [1.54, 1.807) is 0 Å². The molecule has 0 aromatic carbocycles. The number of allylic oxidation sites excluding steroid dienone is 2. The maximum atomic E-state index is 12.2. The highest BCUT2D eigenvalue weighted by Crippen LogP contribution is 2.57. The van der Waals surface area contributed by atoms with Crippen LogP contribution < -0.4 is 0 Å². The van der Waals surface area contributed by atoms with Crippen molar-refractivity contribution in [1.82, 2.24) is 0 Å². The summed E-state index contributed by atoms with van der Waals surface area (Å²) in [6.07, 6.45) is 7.89. The Morgan fingerprint density at radius 1 is 1.33 bits per heavy atom. The van der Waals surface area contributed by atoms with Crippen LogP contribution in [0.4, 0.5) is 0 Å². The lowest BCUT2D eigenvalue weighted by Crippen LogP contribution is -2.21. The minimum absolute atomic E-state index is 0.0319. The molecule has 120 valence electrons. The van der Waals surface area contributed by atoms with E-state index >= 15 is 0 Å². The van der Waals surface area contributed by atoms with E-state index in [0.717, 1.165) is 25.0 Å². The molecule has 1 amide bonds. The van der Waals surface area contributed by atoms with Crippen LogP contribution in [-0.2, 0) is 4.79 Å². The Morgan fingerprint density at radius 2 is 1.95 bits per heavy atom. The summed E-state index contributed by atoms with van der Waals surface area (Å²) in [5, 5.41) is 0. The molecule has 1 aliphatic carbocycles. The van der Waals surface area contributed by atoms with Crippen LogP contribution in [0.25, 0.3) is 0 Å². The molecule has 1 aliphatic rings. The van der Waals surface area contributed by atoms with E-state index in [4.69, 9.17) is 0 Å². The third-order valence-corrected chi connectivity index (χ3v) is 4.41. The Morgan fingerprint density at radius 3 is 2.43 bits per heavy atom. The number of carbonyl (C=O) groups is 1. The lowest BCUT2D eigenvalue weighted by Gasteiger charge is -2.16. The molecule has 1 fully saturated rings. The standard InChI is InChI=1S/C19H33NO/c1-8-10-16(20-17(21)18(4,5)6)15-13-19(15,7)12-9-11-14(2)3/h11,15H,8-10,12-13H2,1-7H3. The van der Waals surface area contributed by atoms with Crippen molar-refractivity contribution in [3.8, 4) is 0 Å². The number of carbonyl (C=O) groups excluding carboxylic acids is 1. The van der Waals surface area contributed by atoms with Gasteiger partial charge in [0.2, 0.25) is 0 Å². The van der Waals surface area contributed by atoms with Crippen LogP contribution >= 0.6 is 0 Å². The number of amides is 1. The van der Waals surface area contributed by atoms with Crippen molar-refractivity contribution < 1.29 is 4.79 Å². The lowest BCUT2D eigenvalue weighted by molar-refractivity contribution is -0.124. The van der Waals surface area contributed by atoms with Gasteiger partial charge in [-0.05, 0) is 44.9 Å². The van der Waals surface area contributed by atoms with Gasteiger partial charge in [-0.3, -0.25) is 4.79 Å². The lowest BCUT2D eigenvalue weighted by atomic mass is 9.93. The van der Waals surface area contributed by atoms with Gasteiger partial charge < -0.3 is 0 Å². The predicted molar refractivity (Wildman–Crippen MR) is 91.7 cm³/mol. The van der Waals surface area contributed by atoms with E-state index in [1.807, 2.05) is 20.8 Å². The molecule has 0 aromatic heterocycles. The first kappa shape index (κ1) is 18.1. The first-order valence-electron chi connectivity index (χ1n) is 8.35. The highest BCUT2D eigenvalue weighted by molar-refractivity contribution is 6.00. The Balaban J connectivity index is 2.74. The van der Waals surface area contributed by atoms with Crippen molar-refractivity contribution in [3.05, 3.63) is 11.6 Å². The molecule has 0 aliphatic heterocycles. The summed E-state index contributed by atoms with van der Waals surface area (Å²) in [6, 6.07) is 0. The third kappa shape index (κ3) is 5.41. The van der Waals surface area contributed by atoms with Crippen LogP contribution in [-0.4, -0.2) is 11.6 Å². The van der Waals surface area contributed by atoms with Crippen molar-refractivity contribution in [2.45, 2.75) is 80.6 Å². The normalized spacial score (nSPS) is 25.7. The van der Waals surface area contributed by atoms with Gasteiger partial charge in [0.15, 0.2) is 0 Å². The molecule has 2 nitrogen and oxygen atoms in total. The van der Waals surface area contributed by atoms with Crippen molar-refractivity contribution in [2.24, 2.45) is 21.7 Å². The highest BCUT2D eigenvalue weighted by Gasteiger charge is 2.51. The summed E-state index contributed by atoms with van der Waals surface area (Å²) < 4.78 is 0. The Labute approximate surface area is 131 Å². The molecule has 0 aromatic rings. The first-order valence-corrected chi connectivity index (χ1v) is 8.35. The second-order valence-corrected chi connectivity index (χ2v) is 8.14. The SMILES string of the molecule is CCCC(=NC(=O)C(C)(C)C)C1CC1(C)CCC=C(C)C. The van der Waals surface area contributed by atoms with Gasteiger partial charge in [-0.25, -0.2) is 4.99 Å². The molecule has 0 bridgehead atoms. The first-order chi connectivity index (χ1) is 9.60. The van der Waals surface area contributed by atoms with Crippen LogP contribution in [0, 0.1) is 16.7 Å². The fraction of sp³-hybridized carbons (Fsp3) is 0.789. The Bertz CT molecular complexity index is 435. The summed E-state index contributed by atoms with van der Waals surface area (Å²) in [5.41, 5.74) is 2.53. The second-order valence-electron chi connectivity index (χ2n) is 8.14. The Hall–Kier alpha value is -0.920. The van der Waals surface area contributed by atoms with Crippen molar-refractivity contribution >= 4 is 11.6 Å². The van der Waals surface area contributed by atoms with E-state index < -0.39 is 0 Å². The van der Waals surface area contributed by atoms with Gasteiger partial charge in [-0.15, -0.1) is 0 Å². The number of hydrogen-bond donors (Lipinski definition) is 0. The van der Waals surface area contributed by atoms with E-state index in [0.29, 0.717) is 11.3 Å². The number of hydrogen-bond acceptors (Lipinski definition) is 1. The van der Waals surface area contributed by atoms with Crippen LogP contribution in [0.5, 0.6) is 0 Å². The molecule has 2 unspecified atom stereocenters. The van der Waals surface area contributed by atoms with Gasteiger partial charge >= 0.3 is 0 Å².